The number of nitrogens with zero attached hydrogens (tertiary/aromatic N) is 2. The molecular weight excluding hydrogens is 295 g/mol. The Morgan fingerprint density at radius 3 is 2.83 bits per heavy atom. The summed E-state index contributed by atoms with van der Waals surface area (Å²) < 4.78 is 14.8. The van der Waals surface area contributed by atoms with Gasteiger partial charge in [-0.15, -0.1) is 0 Å². The van der Waals surface area contributed by atoms with Crippen LogP contribution in [0.2, 0.25) is 0 Å². The lowest BCUT2D eigenvalue weighted by Gasteiger charge is -2.27. The van der Waals surface area contributed by atoms with E-state index in [0.717, 1.165) is 29.7 Å². The second kappa shape index (κ2) is 5.17. The zero-order chi connectivity index (χ0) is 12.5. The van der Waals surface area contributed by atoms with Gasteiger partial charge in [0.1, 0.15) is 5.82 Å². The topological polar surface area (TPSA) is 6.48 Å². The van der Waals surface area contributed by atoms with Gasteiger partial charge in [-0.2, -0.15) is 0 Å². The molecule has 2 fully saturated rings. The maximum atomic E-state index is 14.0. The Hall–Kier alpha value is -0.610. The molecule has 2 heterocycles. The molecule has 1 aromatic carbocycles. The molecule has 0 aliphatic carbocycles. The summed E-state index contributed by atoms with van der Waals surface area (Å²) in [6.45, 7) is 4.32. The molecule has 4 heteroatoms. The highest BCUT2D eigenvalue weighted by molar-refractivity contribution is 9.10. The zero-order valence-corrected chi connectivity index (χ0v) is 12.0. The van der Waals surface area contributed by atoms with E-state index in [1.165, 1.54) is 25.9 Å². The van der Waals surface area contributed by atoms with Crippen LogP contribution in [0.25, 0.3) is 0 Å². The largest absolute Gasteiger partial charge is 0.368 e. The summed E-state index contributed by atoms with van der Waals surface area (Å²) in [5.41, 5.74) is 0.756. The molecule has 98 valence electrons. The minimum Gasteiger partial charge on any atom is -0.368 e. The van der Waals surface area contributed by atoms with Crippen LogP contribution in [-0.4, -0.2) is 37.1 Å². The third-order valence-electron chi connectivity index (χ3n) is 4.05. The van der Waals surface area contributed by atoms with Crippen molar-refractivity contribution < 1.29 is 4.39 Å². The van der Waals surface area contributed by atoms with Gasteiger partial charge in [-0.25, -0.2) is 4.39 Å². The van der Waals surface area contributed by atoms with E-state index in [4.69, 9.17) is 0 Å². The number of benzene rings is 1. The van der Waals surface area contributed by atoms with Crippen molar-refractivity contribution in [3.05, 3.63) is 28.5 Å². The Morgan fingerprint density at radius 2 is 2.00 bits per heavy atom. The van der Waals surface area contributed by atoms with Crippen molar-refractivity contribution in [2.75, 3.05) is 31.1 Å². The van der Waals surface area contributed by atoms with Gasteiger partial charge in [0.15, 0.2) is 0 Å². The summed E-state index contributed by atoms with van der Waals surface area (Å²) in [6, 6.07) is 6.00. The number of hydrogen-bond donors (Lipinski definition) is 0. The number of rotatable bonds is 1. The van der Waals surface area contributed by atoms with Crippen LogP contribution in [0.15, 0.2) is 22.7 Å². The Kier molecular flexibility index (Phi) is 3.57. The highest BCUT2D eigenvalue weighted by atomic mass is 79.9. The minimum atomic E-state index is -0.115. The fourth-order valence-electron chi connectivity index (χ4n) is 3.16. The maximum Gasteiger partial charge on any atom is 0.147 e. The fourth-order valence-corrected chi connectivity index (χ4v) is 3.50. The van der Waals surface area contributed by atoms with E-state index in [-0.39, 0.29) is 5.82 Å². The van der Waals surface area contributed by atoms with Crippen LogP contribution in [0.1, 0.15) is 19.3 Å². The molecule has 2 nitrogen and oxygen atoms in total. The summed E-state index contributed by atoms with van der Waals surface area (Å²) in [5.74, 6) is -0.115. The first-order valence-electron chi connectivity index (χ1n) is 6.68. The molecule has 0 N–H and O–H groups in total. The van der Waals surface area contributed by atoms with Gasteiger partial charge < -0.3 is 4.90 Å². The predicted octanol–water partition coefficient (Wildman–Crippen LogP) is 3.26. The lowest BCUT2D eigenvalue weighted by Crippen LogP contribution is -2.36. The SMILES string of the molecule is Fc1cc(Br)ccc1N1CCCN2CCCC2C1. The van der Waals surface area contributed by atoms with Crippen LogP contribution in [0, 0.1) is 5.82 Å². The normalized spacial score (nSPS) is 25.0. The van der Waals surface area contributed by atoms with Crippen molar-refractivity contribution in [3.63, 3.8) is 0 Å². The molecule has 0 radical (unpaired) electrons. The van der Waals surface area contributed by atoms with Gasteiger partial charge in [-0.3, -0.25) is 4.90 Å². The van der Waals surface area contributed by atoms with Gasteiger partial charge in [0.25, 0.3) is 0 Å². The van der Waals surface area contributed by atoms with Crippen molar-refractivity contribution >= 4 is 21.6 Å². The van der Waals surface area contributed by atoms with Crippen molar-refractivity contribution in [1.82, 2.24) is 4.90 Å². The Labute approximate surface area is 116 Å². The van der Waals surface area contributed by atoms with E-state index in [1.54, 1.807) is 6.07 Å². The molecule has 1 atom stereocenters. The third-order valence-corrected chi connectivity index (χ3v) is 4.55. The highest BCUT2D eigenvalue weighted by Crippen LogP contribution is 2.28. The van der Waals surface area contributed by atoms with E-state index in [2.05, 4.69) is 25.7 Å². The molecule has 3 rings (SSSR count). The quantitative estimate of drug-likeness (QED) is 0.785. The van der Waals surface area contributed by atoms with Crippen LogP contribution in [0.3, 0.4) is 0 Å². The van der Waals surface area contributed by atoms with E-state index in [9.17, 15) is 4.39 Å². The number of fused-ring (bicyclic) bond motifs is 1. The molecule has 0 aromatic heterocycles. The molecule has 2 aliphatic heterocycles. The van der Waals surface area contributed by atoms with Crippen LogP contribution in [0.4, 0.5) is 10.1 Å². The zero-order valence-electron chi connectivity index (χ0n) is 10.4. The maximum absolute atomic E-state index is 14.0. The molecule has 0 spiro atoms. The predicted molar refractivity (Wildman–Crippen MR) is 75.5 cm³/mol. The molecule has 1 unspecified atom stereocenters. The first-order chi connectivity index (χ1) is 8.74. The molecule has 2 saturated heterocycles. The lowest BCUT2D eigenvalue weighted by atomic mass is 10.2. The lowest BCUT2D eigenvalue weighted by molar-refractivity contribution is 0.273. The molecular formula is C14H18BrFN2. The van der Waals surface area contributed by atoms with Gasteiger partial charge >= 0.3 is 0 Å². The second-order valence-corrected chi connectivity index (χ2v) is 6.14. The third kappa shape index (κ3) is 2.41. The minimum absolute atomic E-state index is 0.115. The molecule has 0 saturated carbocycles. The van der Waals surface area contributed by atoms with Crippen LogP contribution < -0.4 is 4.90 Å². The standard InChI is InChI=1S/C14H18BrFN2/c15-11-4-5-14(13(16)9-11)18-8-2-7-17-6-1-3-12(17)10-18/h4-5,9,12H,1-3,6-8,10H2. The Morgan fingerprint density at radius 1 is 1.17 bits per heavy atom. The first kappa shape index (κ1) is 12.4. The highest BCUT2D eigenvalue weighted by Gasteiger charge is 2.29. The molecule has 1 aromatic rings. The van der Waals surface area contributed by atoms with Crippen molar-refractivity contribution in [2.45, 2.75) is 25.3 Å². The molecule has 2 aliphatic rings. The first-order valence-corrected chi connectivity index (χ1v) is 7.47. The van der Waals surface area contributed by atoms with Crippen molar-refractivity contribution in [3.8, 4) is 0 Å². The Bertz CT molecular complexity index is 438. The number of anilines is 1. The van der Waals surface area contributed by atoms with E-state index in [0.29, 0.717) is 6.04 Å². The fraction of sp³-hybridized carbons (Fsp3) is 0.571. The number of hydrogen-bond acceptors (Lipinski definition) is 2. The summed E-state index contributed by atoms with van der Waals surface area (Å²) in [7, 11) is 0. The summed E-state index contributed by atoms with van der Waals surface area (Å²) in [5, 5.41) is 0. The summed E-state index contributed by atoms with van der Waals surface area (Å²) in [6.07, 6.45) is 3.68. The van der Waals surface area contributed by atoms with Gasteiger partial charge in [0.05, 0.1) is 5.69 Å². The van der Waals surface area contributed by atoms with E-state index < -0.39 is 0 Å². The van der Waals surface area contributed by atoms with E-state index >= 15 is 0 Å². The van der Waals surface area contributed by atoms with Gasteiger partial charge in [-0.05, 0) is 44.0 Å². The summed E-state index contributed by atoms with van der Waals surface area (Å²) in [4.78, 5) is 4.79. The van der Waals surface area contributed by atoms with Gasteiger partial charge in [-0.1, -0.05) is 15.9 Å². The van der Waals surface area contributed by atoms with Crippen molar-refractivity contribution in [1.29, 1.82) is 0 Å². The molecule has 18 heavy (non-hydrogen) atoms. The van der Waals surface area contributed by atoms with Crippen molar-refractivity contribution in [2.24, 2.45) is 0 Å². The summed E-state index contributed by atoms with van der Waals surface area (Å²) >= 11 is 3.31. The monoisotopic (exact) mass is 312 g/mol. The average molecular weight is 313 g/mol. The molecule has 0 amide bonds. The van der Waals surface area contributed by atoms with Gasteiger partial charge in [0.2, 0.25) is 0 Å². The smallest absolute Gasteiger partial charge is 0.147 e. The van der Waals surface area contributed by atoms with Gasteiger partial charge in [0, 0.05) is 30.1 Å². The Balaban J connectivity index is 1.82. The number of halogens is 2. The molecule has 0 bridgehead atoms. The van der Waals surface area contributed by atoms with Crippen LogP contribution in [-0.2, 0) is 0 Å². The average Bonchev–Trinajstić information content (AvgIpc) is 2.67. The second-order valence-electron chi connectivity index (χ2n) is 5.23. The van der Waals surface area contributed by atoms with Crippen LogP contribution >= 0.6 is 15.9 Å². The van der Waals surface area contributed by atoms with E-state index in [1.807, 2.05) is 12.1 Å². The van der Waals surface area contributed by atoms with Crippen LogP contribution in [0.5, 0.6) is 0 Å².